The fourth-order valence-corrected chi connectivity index (χ4v) is 0.0962. The van der Waals surface area contributed by atoms with Gasteiger partial charge in [-0.15, -0.1) is 0 Å². The van der Waals surface area contributed by atoms with Crippen molar-refractivity contribution in [1.82, 2.24) is 0 Å². The van der Waals surface area contributed by atoms with Gasteiger partial charge in [-0.2, -0.15) is 0 Å². The van der Waals surface area contributed by atoms with Gasteiger partial charge in [0.25, 0.3) is 0 Å². The predicted molar refractivity (Wildman–Crippen MR) is 40.6 cm³/mol. The molecule has 0 aliphatic carbocycles. The molecule has 0 saturated carbocycles. The van der Waals surface area contributed by atoms with E-state index in [1.54, 1.807) is 14.2 Å². The number of rotatable bonds is 2. The Morgan fingerprint density at radius 1 is 1.12 bits per heavy atom. The van der Waals surface area contributed by atoms with Crippen molar-refractivity contribution in [2.45, 2.75) is 13.2 Å². The number of ether oxygens (including phenoxy) is 2. The second kappa shape index (κ2) is 10.9. The summed E-state index contributed by atoms with van der Waals surface area (Å²) in [6.07, 6.45) is -0.0648. The van der Waals surface area contributed by atoms with Gasteiger partial charge in [0.1, 0.15) is 0 Å². The molecule has 4 heteroatoms. The van der Waals surface area contributed by atoms with E-state index in [1.807, 2.05) is 6.92 Å². The minimum atomic E-state index is -0.0648. The first-order valence-electron chi connectivity index (χ1n) is 1.87. The van der Waals surface area contributed by atoms with E-state index in [2.05, 4.69) is 9.47 Å². The maximum atomic E-state index is 4.68. The fourth-order valence-electron chi connectivity index (χ4n) is 0.0962. The van der Waals surface area contributed by atoms with E-state index in [9.17, 15) is 0 Å². The summed E-state index contributed by atoms with van der Waals surface area (Å²) in [7, 11) is 3.21. The van der Waals surface area contributed by atoms with Gasteiger partial charge >= 0.3 is 18.9 Å². The second-order valence-electron chi connectivity index (χ2n) is 1.04. The molecule has 0 rings (SSSR count). The summed E-state index contributed by atoms with van der Waals surface area (Å²) >= 11 is 0. The Kier molecular flexibility index (Phi) is 21.9. The van der Waals surface area contributed by atoms with Crippen molar-refractivity contribution in [3.63, 3.8) is 0 Å². The van der Waals surface area contributed by atoms with Crippen molar-refractivity contribution in [3.05, 3.63) is 0 Å². The SMILES string of the molecule is COC(C)OC.[AlH3].[LiH]. The monoisotopic (exact) mass is 128 g/mol. The quantitative estimate of drug-likeness (QED) is 0.343. The topological polar surface area (TPSA) is 18.5 Å². The van der Waals surface area contributed by atoms with Crippen LogP contribution in [0.4, 0.5) is 0 Å². The molecule has 0 amide bonds. The van der Waals surface area contributed by atoms with Crippen molar-refractivity contribution < 1.29 is 9.47 Å². The minimum absolute atomic E-state index is 0. The Morgan fingerprint density at radius 2 is 1.38 bits per heavy atom. The zero-order chi connectivity index (χ0) is 4.99. The van der Waals surface area contributed by atoms with Crippen molar-refractivity contribution in [2.75, 3.05) is 14.2 Å². The van der Waals surface area contributed by atoms with Crippen LogP contribution in [0.5, 0.6) is 0 Å². The zero-order valence-electron chi connectivity index (χ0n) is 4.39. The van der Waals surface area contributed by atoms with E-state index < -0.39 is 0 Å². The van der Waals surface area contributed by atoms with Crippen molar-refractivity contribution >= 4 is 36.2 Å². The molecule has 8 heavy (non-hydrogen) atoms. The summed E-state index contributed by atoms with van der Waals surface area (Å²) in [5.41, 5.74) is 0. The molecule has 0 heterocycles. The van der Waals surface area contributed by atoms with E-state index in [1.165, 1.54) is 0 Å². The molecule has 0 atom stereocenters. The van der Waals surface area contributed by atoms with Crippen LogP contribution >= 0.6 is 0 Å². The molecule has 0 spiro atoms. The standard InChI is InChI=1S/C4H10O2.Al.Li.4H/c1-4(5-2)6-3;;;;;;/h4H,1-3H3;;;;;;. The van der Waals surface area contributed by atoms with Crippen LogP contribution in [0.15, 0.2) is 0 Å². The number of hydrogen-bond donors (Lipinski definition) is 0. The maximum absolute atomic E-state index is 4.68. The molecular formula is C4H14AlLiO2. The van der Waals surface area contributed by atoms with Gasteiger partial charge in [0, 0.05) is 14.2 Å². The summed E-state index contributed by atoms with van der Waals surface area (Å²) in [6.45, 7) is 1.83. The van der Waals surface area contributed by atoms with Crippen LogP contribution in [-0.2, 0) is 9.47 Å². The molecule has 0 aliphatic rings. The van der Waals surface area contributed by atoms with E-state index in [0.717, 1.165) is 0 Å². The molecule has 0 aromatic rings. The first-order valence-corrected chi connectivity index (χ1v) is 1.87. The van der Waals surface area contributed by atoms with Gasteiger partial charge in [0.15, 0.2) is 23.7 Å². The first-order chi connectivity index (χ1) is 2.81. The first kappa shape index (κ1) is 16.0. The summed E-state index contributed by atoms with van der Waals surface area (Å²) in [6, 6.07) is 0. The van der Waals surface area contributed by atoms with Crippen LogP contribution in [-0.4, -0.2) is 56.7 Å². The number of hydrogen-bond acceptors (Lipinski definition) is 2. The molecule has 46 valence electrons. The fraction of sp³-hybridized carbons (Fsp3) is 1.00. The molecule has 0 unspecified atom stereocenters. The molecule has 0 bridgehead atoms. The molecular weight excluding hydrogens is 114 g/mol. The van der Waals surface area contributed by atoms with E-state index in [-0.39, 0.29) is 42.5 Å². The van der Waals surface area contributed by atoms with E-state index >= 15 is 0 Å². The van der Waals surface area contributed by atoms with Crippen LogP contribution in [0.1, 0.15) is 6.92 Å². The molecule has 0 aliphatic heterocycles. The summed E-state index contributed by atoms with van der Waals surface area (Å²) in [5.74, 6) is 0. The van der Waals surface area contributed by atoms with Gasteiger partial charge in [-0.05, 0) is 6.92 Å². The third-order valence-electron chi connectivity index (χ3n) is 0.664. The summed E-state index contributed by atoms with van der Waals surface area (Å²) in [4.78, 5) is 0. The molecule has 0 fully saturated rings. The normalized spacial score (nSPS) is 7.50. The van der Waals surface area contributed by atoms with Crippen molar-refractivity contribution in [2.24, 2.45) is 0 Å². The Balaban J connectivity index is -0.000000125. The van der Waals surface area contributed by atoms with Gasteiger partial charge in [-0.1, -0.05) is 0 Å². The molecule has 0 N–H and O–H groups in total. The Hall–Kier alpha value is 1.05. The van der Waals surface area contributed by atoms with Crippen molar-refractivity contribution in [1.29, 1.82) is 0 Å². The molecule has 0 saturated heterocycles. The average molecular weight is 128 g/mol. The van der Waals surface area contributed by atoms with Gasteiger partial charge in [0.2, 0.25) is 0 Å². The van der Waals surface area contributed by atoms with Crippen LogP contribution in [0.25, 0.3) is 0 Å². The summed E-state index contributed by atoms with van der Waals surface area (Å²) in [5, 5.41) is 0. The summed E-state index contributed by atoms with van der Waals surface area (Å²) < 4.78 is 9.35. The van der Waals surface area contributed by atoms with Crippen LogP contribution in [0.2, 0.25) is 0 Å². The van der Waals surface area contributed by atoms with Gasteiger partial charge in [0.05, 0.1) is 0 Å². The average Bonchev–Trinajstić information content (AvgIpc) is 1.65. The molecule has 0 aromatic heterocycles. The van der Waals surface area contributed by atoms with E-state index in [4.69, 9.17) is 0 Å². The predicted octanol–water partition coefficient (Wildman–Crippen LogP) is -1.21. The van der Waals surface area contributed by atoms with Crippen LogP contribution < -0.4 is 0 Å². The molecule has 0 radical (unpaired) electrons. The molecule has 0 aromatic carbocycles. The van der Waals surface area contributed by atoms with Gasteiger partial charge < -0.3 is 9.47 Å². The zero-order valence-corrected chi connectivity index (χ0v) is 4.39. The van der Waals surface area contributed by atoms with Gasteiger partial charge in [-0.25, -0.2) is 0 Å². The third kappa shape index (κ3) is 10.1. The Morgan fingerprint density at radius 3 is 1.38 bits per heavy atom. The van der Waals surface area contributed by atoms with E-state index in [0.29, 0.717) is 0 Å². The molecule has 2 nitrogen and oxygen atoms in total. The van der Waals surface area contributed by atoms with Crippen LogP contribution in [0, 0.1) is 0 Å². The third-order valence-corrected chi connectivity index (χ3v) is 0.664. The van der Waals surface area contributed by atoms with Crippen LogP contribution in [0.3, 0.4) is 0 Å². The number of methoxy groups -OCH3 is 2. The van der Waals surface area contributed by atoms with Gasteiger partial charge in [-0.3, -0.25) is 0 Å². The van der Waals surface area contributed by atoms with Crippen molar-refractivity contribution in [3.8, 4) is 0 Å². The Bertz CT molecular complexity index is 33.2. The second-order valence-corrected chi connectivity index (χ2v) is 1.04. The Labute approximate surface area is 73.2 Å².